The molecule has 3 rings (SSSR count). The second-order valence-electron chi connectivity index (χ2n) is 6.01. The maximum absolute atomic E-state index is 12.2. The first-order valence-electron chi connectivity index (χ1n) is 8.18. The lowest BCUT2D eigenvalue weighted by Gasteiger charge is -2.05. The number of carbonyl (C=O) groups is 3. The van der Waals surface area contributed by atoms with Gasteiger partial charge in [0.2, 0.25) is 11.7 Å². The summed E-state index contributed by atoms with van der Waals surface area (Å²) in [6.07, 6.45) is 3.16. The van der Waals surface area contributed by atoms with Crippen molar-refractivity contribution in [2.75, 3.05) is 6.61 Å². The molecule has 0 spiro atoms. The van der Waals surface area contributed by atoms with Crippen molar-refractivity contribution in [1.82, 2.24) is 5.32 Å². The highest BCUT2D eigenvalue weighted by Gasteiger charge is 2.17. The molecule has 0 bridgehead atoms. The number of esters is 1. The molecule has 0 saturated heterocycles. The summed E-state index contributed by atoms with van der Waals surface area (Å²) in [6.45, 7) is 1.55. The second-order valence-corrected chi connectivity index (χ2v) is 7.18. The van der Waals surface area contributed by atoms with Gasteiger partial charge in [0.1, 0.15) is 0 Å². The SMILES string of the molecule is CC(=O)NCc1ccc(C(=O)COC(=O)c2ccc3c(c2)CCC3)s1. The van der Waals surface area contributed by atoms with E-state index in [0.717, 1.165) is 24.1 Å². The van der Waals surface area contributed by atoms with Crippen LogP contribution in [0.3, 0.4) is 0 Å². The molecule has 5 nitrogen and oxygen atoms in total. The van der Waals surface area contributed by atoms with Gasteiger partial charge in [-0.2, -0.15) is 0 Å². The number of benzene rings is 1. The molecule has 0 fully saturated rings. The Bertz CT molecular complexity index is 825. The first kappa shape index (κ1) is 17.4. The van der Waals surface area contributed by atoms with E-state index in [-0.39, 0.29) is 18.3 Å². The molecular formula is C19H19NO4S. The number of hydrogen-bond acceptors (Lipinski definition) is 5. The summed E-state index contributed by atoms with van der Waals surface area (Å²) in [5, 5.41) is 2.68. The molecule has 0 atom stereocenters. The Morgan fingerprint density at radius 1 is 1.12 bits per heavy atom. The van der Waals surface area contributed by atoms with Crippen LogP contribution in [0.1, 0.15) is 49.4 Å². The quantitative estimate of drug-likeness (QED) is 0.637. The summed E-state index contributed by atoms with van der Waals surface area (Å²) in [7, 11) is 0. The Balaban J connectivity index is 1.55. The molecule has 0 aliphatic heterocycles. The number of hydrogen-bond donors (Lipinski definition) is 1. The van der Waals surface area contributed by atoms with E-state index in [4.69, 9.17) is 4.74 Å². The maximum Gasteiger partial charge on any atom is 0.338 e. The average Bonchev–Trinajstić information content (AvgIpc) is 3.25. The highest BCUT2D eigenvalue weighted by Crippen LogP contribution is 2.23. The minimum Gasteiger partial charge on any atom is -0.454 e. The monoisotopic (exact) mass is 357 g/mol. The molecule has 1 aliphatic carbocycles. The predicted molar refractivity (Wildman–Crippen MR) is 94.9 cm³/mol. The third kappa shape index (κ3) is 4.33. The Morgan fingerprint density at radius 2 is 1.92 bits per heavy atom. The molecule has 1 amide bonds. The van der Waals surface area contributed by atoms with Crippen molar-refractivity contribution in [2.45, 2.75) is 32.7 Å². The molecule has 0 saturated carbocycles. The van der Waals surface area contributed by atoms with Gasteiger partial charge in [0, 0.05) is 11.8 Å². The standard InChI is InChI=1S/C19H19NO4S/c1-12(21)20-10-16-7-8-18(25-16)17(22)11-24-19(23)15-6-5-13-3-2-4-14(13)9-15/h5-9H,2-4,10-11H2,1H3,(H,20,21). The van der Waals surface area contributed by atoms with Crippen LogP contribution in [0, 0.1) is 0 Å². The van der Waals surface area contributed by atoms with Crippen LogP contribution in [0.2, 0.25) is 0 Å². The van der Waals surface area contributed by atoms with Crippen LogP contribution in [0.4, 0.5) is 0 Å². The fraction of sp³-hybridized carbons (Fsp3) is 0.316. The predicted octanol–water partition coefficient (Wildman–Crippen LogP) is 2.91. The zero-order chi connectivity index (χ0) is 17.8. The van der Waals surface area contributed by atoms with Gasteiger partial charge < -0.3 is 10.1 Å². The minimum absolute atomic E-state index is 0.121. The Labute approximate surface area is 150 Å². The summed E-state index contributed by atoms with van der Waals surface area (Å²) >= 11 is 1.29. The van der Waals surface area contributed by atoms with Crippen molar-refractivity contribution in [3.8, 4) is 0 Å². The Kier molecular flexibility index (Phi) is 5.28. The van der Waals surface area contributed by atoms with Crippen LogP contribution >= 0.6 is 11.3 Å². The lowest BCUT2D eigenvalue weighted by atomic mass is 10.1. The normalized spacial score (nSPS) is 12.5. The number of fused-ring (bicyclic) bond motifs is 1. The van der Waals surface area contributed by atoms with Crippen molar-refractivity contribution in [2.24, 2.45) is 0 Å². The van der Waals surface area contributed by atoms with Crippen LogP contribution in [0.5, 0.6) is 0 Å². The maximum atomic E-state index is 12.2. The van der Waals surface area contributed by atoms with Crippen LogP contribution in [-0.4, -0.2) is 24.3 Å². The molecule has 0 unspecified atom stereocenters. The fourth-order valence-electron chi connectivity index (χ4n) is 2.82. The smallest absolute Gasteiger partial charge is 0.338 e. The first-order valence-corrected chi connectivity index (χ1v) is 9.00. The summed E-state index contributed by atoms with van der Waals surface area (Å²) in [5.74, 6) is -0.837. The molecule has 130 valence electrons. The van der Waals surface area contributed by atoms with Gasteiger partial charge in [-0.25, -0.2) is 4.79 Å². The lowest BCUT2D eigenvalue weighted by Crippen LogP contribution is -2.18. The van der Waals surface area contributed by atoms with Crippen molar-refractivity contribution in [1.29, 1.82) is 0 Å². The van der Waals surface area contributed by atoms with E-state index in [1.165, 1.54) is 29.4 Å². The van der Waals surface area contributed by atoms with Gasteiger partial charge in [-0.15, -0.1) is 11.3 Å². The Hall–Kier alpha value is -2.47. The number of ether oxygens (including phenoxy) is 1. The van der Waals surface area contributed by atoms with E-state index < -0.39 is 5.97 Å². The van der Waals surface area contributed by atoms with Gasteiger partial charge in [0.15, 0.2) is 6.61 Å². The molecule has 1 heterocycles. The van der Waals surface area contributed by atoms with Crippen molar-refractivity contribution in [3.05, 3.63) is 56.8 Å². The Morgan fingerprint density at radius 3 is 2.72 bits per heavy atom. The third-order valence-electron chi connectivity index (χ3n) is 4.12. The van der Waals surface area contributed by atoms with E-state index in [9.17, 15) is 14.4 Å². The van der Waals surface area contributed by atoms with Crippen molar-refractivity contribution in [3.63, 3.8) is 0 Å². The molecule has 1 aromatic heterocycles. The second kappa shape index (κ2) is 7.61. The van der Waals surface area contributed by atoms with E-state index in [0.29, 0.717) is 17.0 Å². The van der Waals surface area contributed by atoms with Crippen LogP contribution in [-0.2, 0) is 28.9 Å². The topological polar surface area (TPSA) is 72.5 Å². The molecule has 1 aliphatic rings. The zero-order valence-corrected chi connectivity index (χ0v) is 14.8. The minimum atomic E-state index is -0.474. The molecule has 25 heavy (non-hydrogen) atoms. The van der Waals surface area contributed by atoms with Crippen LogP contribution < -0.4 is 5.32 Å². The van der Waals surface area contributed by atoms with Gasteiger partial charge in [0.05, 0.1) is 17.0 Å². The largest absolute Gasteiger partial charge is 0.454 e. The summed E-state index contributed by atoms with van der Waals surface area (Å²) < 4.78 is 5.16. The molecule has 6 heteroatoms. The number of aryl methyl sites for hydroxylation is 2. The lowest BCUT2D eigenvalue weighted by molar-refractivity contribution is -0.119. The number of rotatable bonds is 6. The molecular weight excluding hydrogens is 338 g/mol. The van der Waals surface area contributed by atoms with Gasteiger partial charge in [-0.05, 0) is 54.7 Å². The zero-order valence-electron chi connectivity index (χ0n) is 14.0. The summed E-state index contributed by atoms with van der Waals surface area (Å²) in [5.41, 5.74) is 2.98. The number of thiophene rings is 1. The average molecular weight is 357 g/mol. The highest BCUT2D eigenvalue weighted by atomic mass is 32.1. The number of nitrogens with one attached hydrogen (secondary N) is 1. The van der Waals surface area contributed by atoms with E-state index in [1.54, 1.807) is 18.2 Å². The van der Waals surface area contributed by atoms with Gasteiger partial charge in [-0.1, -0.05) is 6.07 Å². The van der Waals surface area contributed by atoms with E-state index >= 15 is 0 Å². The molecule has 1 aromatic carbocycles. The fourth-order valence-corrected chi connectivity index (χ4v) is 3.69. The highest BCUT2D eigenvalue weighted by molar-refractivity contribution is 7.14. The van der Waals surface area contributed by atoms with E-state index in [2.05, 4.69) is 5.32 Å². The van der Waals surface area contributed by atoms with Gasteiger partial charge >= 0.3 is 5.97 Å². The summed E-state index contributed by atoms with van der Waals surface area (Å²) in [6, 6.07) is 9.07. The molecule has 0 radical (unpaired) electrons. The number of ketones is 1. The molecule has 1 N–H and O–H groups in total. The van der Waals surface area contributed by atoms with Crippen LogP contribution in [0.25, 0.3) is 0 Å². The van der Waals surface area contributed by atoms with Crippen LogP contribution in [0.15, 0.2) is 30.3 Å². The third-order valence-corrected chi connectivity index (χ3v) is 5.24. The van der Waals surface area contributed by atoms with E-state index in [1.807, 2.05) is 12.1 Å². The number of amides is 1. The first-order chi connectivity index (χ1) is 12.0. The summed E-state index contributed by atoms with van der Waals surface area (Å²) in [4.78, 5) is 36.6. The number of carbonyl (C=O) groups excluding carboxylic acids is 3. The van der Waals surface area contributed by atoms with Gasteiger partial charge in [-0.3, -0.25) is 9.59 Å². The van der Waals surface area contributed by atoms with Gasteiger partial charge in [0.25, 0.3) is 0 Å². The molecule has 2 aromatic rings. The van der Waals surface area contributed by atoms with Crippen molar-refractivity contribution >= 4 is 29.0 Å². The van der Waals surface area contributed by atoms with Crippen molar-refractivity contribution < 1.29 is 19.1 Å². The number of Topliss-reactive ketones (excluding diaryl/α,β-unsaturated/α-hetero) is 1.